The zero-order valence-corrected chi connectivity index (χ0v) is 18.7. The Bertz CT molecular complexity index is 1420. The summed E-state index contributed by atoms with van der Waals surface area (Å²) in [5, 5.41) is 12.0. The summed E-state index contributed by atoms with van der Waals surface area (Å²) < 4.78 is 0. The van der Waals surface area contributed by atoms with Crippen molar-refractivity contribution in [3.8, 4) is 0 Å². The lowest BCUT2D eigenvalue weighted by molar-refractivity contribution is -0.131. The van der Waals surface area contributed by atoms with Crippen molar-refractivity contribution < 1.29 is 4.79 Å². The summed E-state index contributed by atoms with van der Waals surface area (Å²) in [7, 11) is 0. The number of aromatic amines is 1. The monoisotopic (exact) mass is 455 g/mol. The topological polar surface area (TPSA) is 91.0 Å². The minimum atomic E-state index is -0.304. The molecule has 1 aliphatic rings. The summed E-state index contributed by atoms with van der Waals surface area (Å²) >= 11 is 1.15. The number of nitrogens with zero attached hydrogens (tertiary/aromatic N) is 3. The van der Waals surface area contributed by atoms with E-state index in [1.165, 1.54) is 0 Å². The average molecular weight is 456 g/mol. The van der Waals surface area contributed by atoms with Gasteiger partial charge in [-0.2, -0.15) is 0 Å². The number of carbonyl (C=O) groups is 1. The van der Waals surface area contributed by atoms with Crippen LogP contribution in [0, 0.1) is 6.92 Å². The summed E-state index contributed by atoms with van der Waals surface area (Å²) in [4.78, 5) is 27.6. The Balaban J connectivity index is 1.41. The molecule has 4 aromatic rings. The predicted molar refractivity (Wildman–Crippen MR) is 129 cm³/mol. The van der Waals surface area contributed by atoms with Gasteiger partial charge in [0.05, 0.1) is 17.5 Å². The minimum absolute atomic E-state index is 0.100. The van der Waals surface area contributed by atoms with Crippen molar-refractivity contribution in [3.63, 3.8) is 0 Å². The van der Waals surface area contributed by atoms with Gasteiger partial charge in [0.15, 0.2) is 5.16 Å². The molecule has 1 atom stereocenters. The fourth-order valence-electron chi connectivity index (χ4n) is 3.74. The number of rotatable bonds is 5. The van der Waals surface area contributed by atoms with Crippen LogP contribution in [0.5, 0.6) is 0 Å². The Morgan fingerprint density at radius 3 is 2.55 bits per heavy atom. The van der Waals surface area contributed by atoms with E-state index in [1.54, 1.807) is 11.9 Å². The van der Waals surface area contributed by atoms with Gasteiger partial charge in [-0.1, -0.05) is 78.5 Å². The van der Waals surface area contributed by atoms with Crippen molar-refractivity contribution in [1.29, 1.82) is 0 Å². The number of benzene rings is 3. The van der Waals surface area contributed by atoms with Crippen molar-refractivity contribution in [1.82, 2.24) is 25.6 Å². The molecule has 1 aromatic heterocycles. The number of amides is 1. The largest absolute Gasteiger partial charge is 0.298 e. The molecule has 0 radical (unpaired) electrons. The maximum Gasteiger partial charge on any atom is 0.273 e. The number of carbonyl (C=O) groups excluding carboxylic acids is 1. The summed E-state index contributed by atoms with van der Waals surface area (Å²) in [5.74, 6) is -0.0350. The van der Waals surface area contributed by atoms with Gasteiger partial charge < -0.3 is 0 Å². The highest BCUT2D eigenvalue weighted by atomic mass is 32.2. The molecule has 0 saturated carbocycles. The lowest BCUT2D eigenvalue weighted by atomic mass is 10.0. The normalized spacial score (nSPS) is 15.4. The van der Waals surface area contributed by atoms with Crippen molar-refractivity contribution in [3.05, 3.63) is 106 Å². The molecule has 7 nitrogen and oxygen atoms in total. The van der Waals surface area contributed by atoms with E-state index in [4.69, 9.17) is 0 Å². The van der Waals surface area contributed by atoms with Crippen LogP contribution >= 0.6 is 11.8 Å². The van der Waals surface area contributed by atoms with Crippen molar-refractivity contribution in [2.45, 2.75) is 18.1 Å². The second-order valence-corrected chi connectivity index (χ2v) is 8.67. The third-order valence-electron chi connectivity index (χ3n) is 5.49. The molecule has 0 spiro atoms. The first-order chi connectivity index (χ1) is 16.1. The molecule has 0 saturated heterocycles. The third kappa shape index (κ3) is 4.38. The molecule has 0 unspecified atom stereocenters. The molecule has 1 amide bonds. The SMILES string of the molecule is Cc1nnc(SCC(=O)N2NC(c3ccc4ccccc4c3)=C[C@@H]2c2ccccc2)[nH]c1=O. The number of H-pyrrole nitrogens is 1. The molecule has 8 heteroatoms. The zero-order chi connectivity index (χ0) is 22.8. The number of hydrogen-bond acceptors (Lipinski definition) is 6. The molecule has 0 bridgehead atoms. The van der Waals surface area contributed by atoms with E-state index >= 15 is 0 Å². The number of thioether (sulfide) groups is 1. The van der Waals surface area contributed by atoms with Crippen LogP contribution in [-0.4, -0.2) is 31.9 Å². The Morgan fingerprint density at radius 1 is 1.00 bits per heavy atom. The Labute approximate surface area is 194 Å². The minimum Gasteiger partial charge on any atom is -0.298 e. The highest BCUT2D eigenvalue weighted by molar-refractivity contribution is 7.99. The van der Waals surface area contributed by atoms with Crippen LogP contribution in [-0.2, 0) is 4.79 Å². The number of aryl methyl sites for hydroxylation is 1. The van der Waals surface area contributed by atoms with Gasteiger partial charge in [0.1, 0.15) is 5.69 Å². The van der Waals surface area contributed by atoms with E-state index < -0.39 is 0 Å². The fourth-order valence-corrected chi connectivity index (χ4v) is 4.41. The first-order valence-electron chi connectivity index (χ1n) is 10.5. The van der Waals surface area contributed by atoms with Crippen molar-refractivity contribution in [2.75, 3.05) is 5.75 Å². The van der Waals surface area contributed by atoms with Gasteiger partial charge in [-0.15, -0.1) is 10.2 Å². The van der Waals surface area contributed by atoms with Gasteiger partial charge in [0.2, 0.25) is 0 Å². The van der Waals surface area contributed by atoms with Gasteiger partial charge in [0.25, 0.3) is 11.5 Å². The summed E-state index contributed by atoms with van der Waals surface area (Å²) in [5.41, 5.74) is 6.17. The Kier molecular flexibility index (Phi) is 5.66. The van der Waals surface area contributed by atoms with E-state index in [9.17, 15) is 9.59 Å². The molecule has 164 valence electrons. The van der Waals surface area contributed by atoms with Gasteiger partial charge in [0, 0.05) is 0 Å². The van der Waals surface area contributed by atoms with Crippen molar-refractivity contribution in [2.24, 2.45) is 0 Å². The van der Waals surface area contributed by atoms with E-state index in [2.05, 4.69) is 57.0 Å². The average Bonchev–Trinajstić information content (AvgIpc) is 3.30. The molecule has 2 heterocycles. The number of aromatic nitrogens is 3. The van der Waals surface area contributed by atoms with E-state index in [0.29, 0.717) is 10.9 Å². The molecule has 2 N–H and O–H groups in total. The molecule has 5 rings (SSSR count). The van der Waals surface area contributed by atoms with E-state index in [0.717, 1.165) is 39.4 Å². The van der Waals surface area contributed by atoms with Gasteiger partial charge in [-0.3, -0.25) is 20.0 Å². The lowest BCUT2D eigenvalue weighted by Crippen LogP contribution is -2.40. The number of hydrazine groups is 1. The number of nitrogens with one attached hydrogen (secondary N) is 2. The Hall–Kier alpha value is -3.91. The highest BCUT2D eigenvalue weighted by Crippen LogP contribution is 2.33. The molecular weight excluding hydrogens is 434 g/mol. The maximum absolute atomic E-state index is 13.2. The summed E-state index contributed by atoms with van der Waals surface area (Å²) in [6.07, 6.45) is 2.07. The summed E-state index contributed by atoms with van der Waals surface area (Å²) in [6.45, 7) is 1.59. The van der Waals surface area contributed by atoms with Gasteiger partial charge >= 0.3 is 0 Å². The van der Waals surface area contributed by atoms with Crippen LogP contribution in [0.1, 0.15) is 22.9 Å². The van der Waals surface area contributed by atoms with Crippen LogP contribution in [0.15, 0.2) is 88.8 Å². The molecular formula is C25H21N5O2S. The first kappa shape index (κ1) is 21.0. The second-order valence-electron chi connectivity index (χ2n) is 7.71. The van der Waals surface area contributed by atoms with Crippen LogP contribution in [0.2, 0.25) is 0 Å². The van der Waals surface area contributed by atoms with E-state index in [-0.39, 0.29) is 23.3 Å². The third-order valence-corrected chi connectivity index (χ3v) is 6.33. The van der Waals surface area contributed by atoms with Gasteiger partial charge in [-0.05, 0) is 41.0 Å². The molecule has 1 aliphatic heterocycles. The summed E-state index contributed by atoms with van der Waals surface area (Å²) in [6, 6.07) is 24.1. The number of hydrogen-bond donors (Lipinski definition) is 2. The number of fused-ring (bicyclic) bond motifs is 1. The van der Waals surface area contributed by atoms with E-state index in [1.807, 2.05) is 42.5 Å². The zero-order valence-electron chi connectivity index (χ0n) is 17.9. The fraction of sp³-hybridized carbons (Fsp3) is 0.120. The standard InChI is InChI=1S/C25H21N5O2S/c1-16-24(32)26-25(28-27-16)33-15-23(31)30-22(18-8-3-2-4-9-18)14-21(29-30)20-12-11-17-7-5-6-10-19(17)13-20/h2-14,22,29H,15H2,1H3,(H,26,28,32)/t22-/m1/s1. The lowest BCUT2D eigenvalue weighted by Gasteiger charge is -2.25. The quantitative estimate of drug-likeness (QED) is 0.444. The smallest absolute Gasteiger partial charge is 0.273 e. The van der Waals surface area contributed by atoms with Crippen LogP contribution in [0.25, 0.3) is 16.5 Å². The molecule has 3 aromatic carbocycles. The first-order valence-corrected chi connectivity index (χ1v) is 11.5. The molecule has 0 fully saturated rings. The highest BCUT2D eigenvalue weighted by Gasteiger charge is 2.30. The van der Waals surface area contributed by atoms with Crippen molar-refractivity contribution >= 4 is 34.1 Å². The Morgan fingerprint density at radius 2 is 1.76 bits per heavy atom. The maximum atomic E-state index is 13.2. The molecule has 0 aliphatic carbocycles. The predicted octanol–water partition coefficient (Wildman–Crippen LogP) is 3.85. The molecule has 33 heavy (non-hydrogen) atoms. The van der Waals surface area contributed by atoms with Crippen LogP contribution < -0.4 is 11.0 Å². The second kappa shape index (κ2) is 8.91. The van der Waals surface area contributed by atoms with Crippen LogP contribution in [0.3, 0.4) is 0 Å². The van der Waals surface area contributed by atoms with Crippen LogP contribution in [0.4, 0.5) is 0 Å². The van der Waals surface area contributed by atoms with Gasteiger partial charge in [-0.25, -0.2) is 5.01 Å².